The molecule has 0 radical (unpaired) electrons. The van der Waals surface area contributed by atoms with Gasteiger partial charge in [0.1, 0.15) is 0 Å². The molecule has 1 heteroatoms. The Balaban J connectivity index is 2.61. The lowest BCUT2D eigenvalue weighted by Crippen LogP contribution is -2.01. The molecular formula is C11H13N. The van der Waals surface area contributed by atoms with Crippen LogP contribution in [0.3, 0.4) is 0 Å². The van der Waals surface area contributed by atoms with Crippen LogP contribution in [0.4, 0.5) is 5.69 Å². The van der Waals surface area contributed by atoms with Gasteiger partial charge < -0.3 is 0 Å². The van der Waals surface area contributed by atoms with Crippen molar-refractivity contribution >= 4 is 11.4 Å². The van der Waals surface area contributed by atoms with Gasteiger partial charge in [-0.1, -0.05) is 25.1 Å². The van der Waals surface area contributed by atoms with Crippen LogP contribution in [-0.4, -0.2) is 5.71 Å². The second-order valence-electron chi connectivity index (χ2n) is 3.05. The lowest BCUT2D eigenvalue weighted by molar-refractivity contribution is 0.859. The van der Waals surface area contributed by atoms with E-state index in [9.17, 15) is 0 Å². The lowest BCUT2D eigenvalue weighted by atomic mass is 9.94. The molecule has 0 aliphatic carbocycles. The SMILES string of the molecule is [2H]C1(CC)C(C)=Nc2ccccc21. The fraction of sp³-hybridized carbons (Fsp3) is 0.364. The van der Waals surface area contributed by atoms with Crippen molar-refractivity contribution in [1.29, 1.82) is 0 Å². The van der Waals surface area contributed by atoms with Crippen molar-refractivity contribution in [3.63, 3.8) is 0 Å². The van der Waals surface area contributed by atoms with E-state index in [0.717, 1.165) is 23.4 Å². The van der Waals surface area contributed by atoms with Crippen molar-refractivity contribution in [3.05, 3.63) is 29.8 Å². The van der Waals surface area contributed by atoms with Crippen molar-refractivity contribution in [1.82, 2.24) is 0 Å². The number of hydrogen-bond donors (Lipinski definition) is 0. The summed E-state index contributed by atoms with van der Waals surface area (Å²) >= 11 is 0. The fourth-order valence-corrected chi connectivity index (χ4v) is 1.72. The summed E-state index contributed by atoms with van der Waals surface area (Å²) in [5.74, 6) is -0.573. The van der Waals surface area contributed by atoms with E-state index < -0.39 is 5.89 Å². The second-order valence-corrected chi connectivity index (χ2v) is 3.05. The highest BCUT2D eigenvalue weighted by Crippen LogP contribution is 2.36. The van der Waals surface area contributed by atoms with E-state index in [1.807, 2.05) is 38.1 Å². The van der Waals surface area contributed by atoms with E-state index in [4.69, 9.17) is 1.37 Å². The topological polar surface area (TPSA) is 12.4 Å². The Bertz CT molecular complexity index is 370. The summed E-state index contributed by atoms with van der Waals surface area (Å²) < 4.78 is 8.29. The summed E-state index contributed by atoms with van der Waals surface area (Å²) in [4.78, 5) is 4.41. The Morgan fingerprint density at radius 2 is 2.25 bits per heavy atom. The standard InChI is InChI=1S/C11H13N/c1-3-9-8(2)12-11-7-5-4-6-10(9)11/h4-7,9H,3H2,1-2H3/i9D. The Morgan fingerprint density at radius 3 is 3.00 bits per heavy atom. The van der Waals surface area contributed by atoms with Gasteiger partial charge in [-0.05, 0) is 25.0 Å². The van der Waals surface area contributed by atoms with E-state index in [2.05, 4.69) is 4.99 Å². The van der Waals surface area contributed by atoms with Crippen molar-refractivity contribution in [3.8, 4) is 0 Å². The van der Waals surface area contributed by atoms with Crippen molar-refractivity contribution in [2.45, 2.75) is 26.2 Å². The highest BCUT2D eigenvalue weighted by atomic mass is 14.8. The molecule has 0 bridgehead atoms. The summed E-state index contributed by atoms with van der Waals surface area (Å²) in [6, 6.07) is 7.93. The molecule has 0 saturated heterocycles. The molecule has 1 aromatic rings. The third-order valence-electron chi connectivity index (χ3n) is 2.31. The summed E-state index contributed by atoms with van der Waals surface area (Å²) in [6.07, 6.45) is 0.791. The molecule has 0 spiro atoms. The van der Waals surface area contributed by atoms with Gasteiger partial charge in [0.25, 0.3) is 0 Å². The minimum Gasteiger partial charge on any atom is -0.257 e. The van der Waals surface area contributed by atoms with Gasteiger partial charge in [0.15, 0.2) is 0 Å². The van der Waals surface area contributed by atoms with Gasteiger partial charge in [-0.3, -0.25) is 4.99 Å². The van der Waals surface area contributed by atoms with Crippen LogP contribution in [0, 0.1) is 0 Å². The van der Waals surface area contributed by atoms with Crippen LogP contribution in [-0.2, 0) is 0 Å². The zero-order valence-corrected chi connectivity index (χ0v) is 7.46. The first-order valence-corrected chi connectivity index (χ1v) is 4.34. The summed E-state index contributed by atoms with van der Waals surface area (Å²) in [5, 5.41) is 0. The summed E-state index contributed by atoms with van der Waals surface area (Å²) in [7, 11) is 0. The molecule has 1 aromatic carbocycles. The molecule has 1 nitrogen and oxygen atoms in total. The fourth-order valence-electron chi connectivity index (χ4n) is 1.72. The number of fused-ring (bicyclic) bond motifs is 1. The number of benzene rings is 1. The normalized spacial score (nSPS) is 27.8. The Labute approximate surface area is 74.6 Å². The maximum Gasteiger partial charge on any atom is 0.0667 e. The molecule has 0 amide bonds. The lowest BCUT2D eigenvalue weighted by Gasteiger charge is -2.07. The van der Waals surface area contributed by atoms with Gasteiger partial charge in [-0.25, -0.2) is 0 Å². The molecule has 1 atom stereocenters. The van der Waals surface area contributed by atoms with Crippen molar-refractivity contribution in [2.24, 2.45) is 4.99 Å². The van der Waals surface area contributed by atoms with Crippen LogP contribution < -0.4 is 0 Å². The van der Waals surface area contributed by atoms with Gasteiger partial charge in [-0.15, -0.1) is 0 Å². The molecule has 12 heavy (non-hydrogen) atoms. The third-order valence-corrected chi connectivity index (χ3v) is 2.31. The molecule has 2 rings (SSSR count). The zero-order chi connectivity index (χ0) is 9.47. The van der Waals surface area contributed by atoms with E-state index in [1.54, 1.807) is 0 Å². The second kappa shape index (κ2) is 2.74. The third kappa shape index (κ3) is 0.970. The maximum absolute atomic E-state index is 8.29. The van der Waals surface area contributed by atoms with Crippen LogP contribution in [0.5, 0.6) is 0 Å². The maximum atomic E-state index is 8.29. The predicted octanol–water partition coefficient (Wildman–Crippen LogP) is 3.29. The molecule has 1 heterocycles. The number of para-hydroxylation sites is 1. The molecule has 62 valence electrons. The zero-order valence-electron chi connectivity index (χ0n) is 8.46. The number of rotatable bonds is 1. The number of hydrogen-bond acceptors (Lipinski definition) is 1. The van der Waals surface area contributed by atoms with Crippen LogP contribution in [0.25, 0.3) is 0 Å². The Morgan fingerprint density at radius 1 is 1.50 bits per heavy atom. The first kappa shape index (κ1) is 6.41. The van der Waals surface area contributed by atoms with Crippen LogP contribution in [0.2, 0.25) is 0 Å². The van der Waals surface area contributed by atoms with Crippen LogP contribution >= 0.6 is 0 Å². The van der Waals surface area contributed by atoms with Gasteiger partial charge in [0, 0.05) is 13.0 Å². The highest BCUT2D eigenvalue weighted by Gasteiger charge is 2.21. The molecular weight excluding hydrogens is 146 g/mol. The first-order valence-electron chi connectivity index (χ1n) is 4.84. The van der Waals surface area contributed by atoms with E-state index in [1.165, 1.54) is 0 Å². The highest BCUT2D eigenvalue weighted by molar-refractivity contribution is 5.96. The quantitative estimate of drug-likeness (QED) is 0.597. The van der Waals surface area contributed by atoms with Crippen LogP contribution in [0.1, 0.15) is 33.1 Å². The molecule has 0 N–H and O–H groups in total. The van der Waals surface area contributed by atoms with Gasteiger partial charge in [0.2, 0.25) is 0 Å². The molecule has 0 aromatic heterocycles. The largest absolute Gasteiger partial charge is 0.257 e. The Kier molecular flexibility index (Phi) is 1.46. The van der Waals surface area contributed by atoms with Crippen LogP contribution in [0.15, 0.2) is 29.3 Å². The molecule has 0 saturated carbocycles. The molecule has 1 aliphatic heterocycles. The molecule has 1 aliphatic rings. The van der Waals surface area contributed by atoms with Crippen molar-refractivity contribution in [2.75, 3.05) is 0 Å². The summed E-state index contributed by atoms with van der Waals surface area (Å²) in [6.45, 7) is 3.98. The smallest absolute Gasteiger partial charge is 0.0667 e. The van der Waals surface area contributed by atoms with Gasteiger partial charge >= 0.3 is 0 Å². The van der Waals surface area contributed by atoms with Gasteiger partial charge in [0.05, 0.1) is 5.69 Å². The monoisotopic (exact) mass is 160 g/mol. The minimum atomic E-state index is -0.573. The average molecular weight is 160 g/mol. The predicted molar refractivity (Wildman–Crippen MR) is 52.2 cm³/mol. The molecule has 1 unspecified atom stereocenters. The van der Waals surface area contributed by atoms with E-state index >= 15 is 0 Å². The molecule has 0 fully saturated rings. The Hall–Kier alpha value is -1.11. The van der Waals surface area contributed by atoms with E-state index in [-0.39, 0.29) is 0 Å². The van der Waals surface area contributed by atoms with E-state index in [0.29, 0.717) is 0 Å². The number of nitrogens with zero attached hydrogens (tertiary/aromatic N) is 1. The number of aliphatic imine (C=N–C) groups is 1. The summed E-state index contributed by atoms with van der Waals surface area (Å²) in [5.41, 5.74) is 2.93. The van der Waals surface area contributed by atoms with Gasteiger partial charge in [-0.2, -0.15) is 0 Å². The minimum absolute atomic E-state index is 0.573. The average Bonchev–Trinajstić information content (AvgIpc) is 2.41. The van der Waals surface area contributed by atoms with Crippen molar-refractivity contribution < 1.29 is 1.37 Å². The first-order chi connectivity index (χ1) is 6.18.